The molecular weight excluding hydrogens is 500 g/mol. The fourth-order valence-electron chi connectivity index (χ4n) is 3.90. The molecule has 1 aliphatic rings. The lowest BCUT2D eigenvalue weighted by Crippen LogP contribution is -2.36. The van der Waals surface area contributed by atoms with Crippen LogP contribution in [0.2, 0.25) is 0 Å². The summed E-state index contributed by atoms with van der Waals surface area (Å²) in [6, 6.07) is 8.19. The minimum atomic E-state index is -0.684. The van der Waals surface area contributed by atoms with Gasteiger partial charge in [-0.1, -0.05) is 0 Å². The number of anilines is 2. The van der Waals surface area contributed by atoms with Crippen LogP contribution in [-0.4, -0.2) is 69.3 Å². The Labute approximate surface area is 214 Å². The number of carbonyl (C=O) groups is 1. The summed E-state index contributed by atoms with van der Waals surface area (Å²) in [6.45, 7) is 3.07. The summed E-state index contributed by atoms with van der Waals surface area (Å²) in [6.07, 6.45) is 2.68. The molecule has 1 amide bonds. The van der Waals surface area contributed by atoms with Crippen LogP contribution in [0.1, 0.15) is 15.2 Å². The first kappa shape index (κ1) is 24.4. The zero-order valence-electron chi connectivity index (χ0n) is 19.7. The van der Waals surface area contributed by atoms with Crippen molar-refractivity contribution < 1.29 is 19.7 Å². The first-order chi connectivity index (χ1) is 17.9. The molecule has 1 saturated heterocycles. The van der Waals surface area contributed by atoms with Crippen LogP contribution in [-0.2, 0) is 11.3 Å². The molecule has 0 radical (unpaired) electrons. The number of rotatable bonds is 7. The Morgan fingerprint density at radius 3 is 2.57 bits per heavy atom. The highest BCUT2D eigenvalue weighted by Gasteiger charge is 2.21. The third-order valence-electron chi connectivity index (χ3n) is 5.79. The number of carbonyl (C=O) groups excluding carboxylic acids is 1. The number of non-ortho nitro benzene ring substituents is 1. The predicted molar refractivity (Wildman–Crippen MR) is 136 cm³/mol. The smallest absolute Gasteiger partial charge is 0.277 e. The molecule has 1 fully saturated rings. The van der Waals surface area contributed by atoms with Gasteiger partial charge in [0.2, 0.25) is 5.95 Å². The van der Waals surface area contributed by atoms with Gasteiger partial charge in [-0.2, -0.15) is 0 Å². The van der Waals surface area contributed by atoms with Crippen LogP contribution in [0.5, 0.6) is 0 Å². The average Bonchev–Trinajstić information content (AvgIpc) is 3.35. The molecular formula is C23H22N8O5S. The number of fused-ring (bicyclic) bond motifs is 1. The van der Waals surface area contributed by atoms with Gasteiger partial charge in [-0.25, -0.2) is 25.4 Å². The molecule has 1 aliphatic heterocycles. The van der Waals surface area contributed by atoms with Gasteiger partial charge in [-0.15, -0.1) is 11.3 Å². The SMILES string of the molecule is CN(Cc1cc2nc(-c3ccc([N+](=O)[O-])cc3)nc(N3CCOCC3)c2s1)c1ncc(C(=O)NO)cn1. The van der Waals surface area contributed by atoms with Crippen LogP contribution in [0.15, 0.2) is 42.7 Å². The summed E-state index contributed by atoms with van der Waals surface area (Å²) in [4.78, 5) is 45.2. The second-order valence-corrected chi connectivity index (χ2v) is 9.41. The molecule has 2 N–H and O–H groups in total. The molecule has 14 heteroatoms. The van der Waals surface area contributed by atoms with Crippen molar-refractivity contribution in [1.82, 2.24) is 25.4 Å². The van der Waals surface area contributed by atoms with Gasteiger partial charge in [-0.3, -0.25) is 20.1 Å². The van der Waals surface area contributed by atoms with Crippen LogP contribution in [0.25, 0.3) is 21.6 Å². The third-order valence-corrected chi connectivity index (χ3v) is 6.89. The van der Waals surface area contributed by atoms with Gasteiger partial charge in [0.1, 0.15) is 0 Å². The highest BCUT2D eigenvalue weighted by molar-refractivity contribution is 7.19. The summed E-state index contributed by atoms with van der Waals surface area (Å²) < 4.78 is 6.45. The van der Waals surface area contributed by atoms with E-state index >= 15 is 0 Å². The van der Waals surface area contributed by atoms with Crippen molar-refractivity contribution in [3.63, 3.8) is 0 Å². The number of ether oxygens (including phenoxy) is 1. The number of hydroxylamine groups is 1. The maximum Gasteiger partial charge on any atom is 0.277 e. The molecule has 13 nitrogen and oxygen atoms in total. The van der Waals surface area contributed by atoms with Crippen molar-refractivity contribution in [3.8, 4) is 11.4 Å². The van der Waals surface area contributed by atoms with Crippen molar-refractivity contribution in [1.29, 1.82) is 0 Å². The quantitative estimate of drug-likeness (QED) is 0.209. The fraction of sp³-hybridized carbons (Fsp3) is 0.261. The Morgan fingerprint density at radius 1 is 1.22 bits per heavy atom. The summed E-state index contributed by atoms with van der Waals surface area (Å²) >= 11 is 1.57. The van der Waals surface area contributed by atoms with Crippen LogP contribution in [0.3, 0.4) is 0 Å². The van der Waals surface area contributed by atoms with Crippen molar-refractivity contribution in [2.45, 2.75) is 6.54 Å². The molecule has 0 atom stereocenters. The molecule has 1 aromatic carbocycles. The van der Waals surface area contributed by atoms with E-state index in [0.717, 1.165) is 20.9 Å². The van der Waals surface area contributed by atoms with Crippen molar-refractivity contribution >= 4 is 44.9 Å². The normalized spacial score (nSPS) is 13.5. The van der Waals surface area contributed by atoms with Gasteiger partial charge >= 0.3 is 0 Å². The maximum absolute atomic E-state index is 11.5. The number of thiophene rings is 1. The summed E-state index contributed by atoms with van der Waals surface area (Å²) in [5.41, 5.74) is 3.17. The summed E-state index contributed by atoms with van der Waals surface area (Å²) in [5.74, 6) is 1.02. The van der Waals surface area contributed by atoms with Crippen LogP contribution >= 0.6 is 11.3 Å². The number of benzene rings is 1. The first-order valence-corrected chi connectivity index (χ1v) is 12.1. The van der Waals surface area contributed by atoms with Gasteiger partial charge < -0.3 is 14.5 Å². The molecule has 4 heterocycles. The largest absolute Gasteiger partial charge is 0.378 e. The number of nitro benzene ring substituents is 1. The monoisotopic (exact) mass is 522 g/mol. The second kappa shape index (κ2) is 10.4. The van der Waals surface area contributed by atoms with Gasteiger partial charge in [0.15, 0.2) is 11.6 Å². The number of nitrogens with one attached hydrogen (secondary N) is 1. The lowest BCUT2D eigenvalue weighted by molar-refractivity contribution is -0.384. The zero-order chi connectivity index (χ0) is 25.9. The van der Waals surface area contributed by atoms with E-state index < -0.39 is 10.8 Å². The van der Waals surface area contributed by atoms with Gasteiger partial charge in [-0.05, 0) is 18.2 Å². The fourth-order valence-corrected chi connectivity index (χ4v) is 5.06. The molecule has 0 saturated carbocycles. The van der Waals surface area contributed by atoms with E-state index in [2.05, 4.69) is 14.9 Å². The molecule has 3 aromatic heterocycles. The van der Waals surface area contributed by atoms with E-state index in [1.54, 1.807) is 28.9 Å². The van der Waals surface area contributed by atoms with Crippen LogP contribution in [0, 0.1) is 10.1 Å². The summed E-state index contributed by atoms with van der Waals surface area (Å²) in [7, 11) is 1.84. The summed E-state index contributed by atoms with van der Waals surface area (Å²) in [5, 5.41) is 19.8. The number of nitrogens with zero attached hydrogens (tertiary/aromatic N) is 7. The number of morpholine rings is 1. The van der Waals surface area contributed by atoms with Gasteiger partial charge in [0, 0.05) is 55.1 Å². The minimum Gasteiger partial charge on any atom is -0.378 e. The minimum absolute atomic E-state index is 0.00586. The molecule has 0 bridgehead atoms. The second-order valence-electron chi connectivity index (χ2n) is 8.27. The predicted octanol–water partition coefficient (Wildman–Crippen LogP) is 2.65. The molecule has 0 spiro atoms. The van der Waals surface area contributed by atoms with E-state index in [1.165, 1.54) is 24.5 Å². The Morgan fingerprint density at radius 2 is 1.92 bits per heavy atom. The zero-order valence-corrected chi connectivity index (χ0v) is 20.5. The van der Waals surface area contributed by atoms with Crippen LogP contribution in [0.4, 0.5) is 17.5 Å². The Hall–Kier alpha value is -4.27. The number of amides is 1. The number of aromatic nitrogens is 4. The van der Waals surface area contributed by atoms with Crippen molar-refractivity contribution in [3.05, 3.63) is 63.3 Å². The highest BCUT2D eigenvalue weighted by atomic mass is 32.1. The lowest BCUT2D eigenvalue weighted by Gasteiger charge is -2.28. The number of hydrogen-bond acceptors (Lipinski definition) is 12. The Bertz CT molecular complexity index is 1440. The van der Waals surface area contributed by atoms with Gasteiger partial charge in [0.05, 0.1) is 40.5 Å². The van der Waals surface area contributed by atoms with Crippen LogP contribution < -0.4 is 15.3 Å². The highest BCUT2D eigenvalue weighted by Crippen LogP contribution is 2.35. The first-order valence-electron chi connectivity index (χ1n) is 11.3. The van der Waals surface area contributed by atoms with Gasteiger partial charge in [0.25, 0.3) is 11.6 Å². The number of hydrogen-bond donors (Lipinski definition) is 2. The van der Waals surface area contributed by atoms with E-state index in [0.29, 0.717) is 50.2 Å². The van der Waals surface area contributed by atoms with E-state index in [9.17, 15) is 14.9 Å². The molecule has 0 unspecified atom stereocenters. The van der Waals surface area contributed by atoms with E-state index in [4.69, 9.17) is 19.9 Å². The third kappa shape index (κ3) is 5.16. The van der Waals surface area contributed by atoms with E-state index in [-0.39, 0.29) is 11.3 Å². The molecule has 190 valence electrons. The average molecular weight is 523 g/mol. The maximum atomic E-state index is 11.5. The number of nitro groups is 1. The lowest BCUT2D eigenvalue weighted by atomic mass is 10.2. The standard InChI is InChI=1S/C23H22N8O5S/c1-29(23-24-11-15(12-25-23)22(32)28-33)13-17-10-18-19(37-17)21(30-6-8-36-9-7-30)27-20(26-18)14-2-4-16(5-3-14)31(34)35/h2-5,10-12,33H,6-9,13H2,1H3,(H,28,32). The molecule has 0 aliphatic carbocycles. The van der Waals surface area contributed by atoms with Crippen molar-refractivity contribution in [2.24, 2.45) is 0 Å². The Kier molecular flexibility index (Phi) is 6.85. The van der Waals surface area contributed by atoms with E-state index in [1.807, 2.05) is 18.0 Å². The molecule has 5 rings (SSSR count). The Balaban J connectivity index is 1.48. The molecule has 37 heavy (non-hydrogen) atoms. The molecule has 4 aromatic rings. The van der Waals surface area contributed by atoms with Crippen molar-refractivity contribution in [2.75, 3.05) is 43.2 Å². The topological polar surface area (TPSA) is 160 Å².